The molecule has 1 saturated carbocycles. The largest absolute Gasteiger partial charge is 0.489 e. The molecule has 1 fully saturated rings. The summed E-state index contributed by atoms with van der Waals surface area (Å²) in [5.41, 5.74) is 7.00. The van der Waals surface area contributed by atoms with Gasteiger partial charge in [0.05, 0.1) is 12.3 Å². The van der Waals surface area contributed by atoms with Crippen LogP contribution in [0.25, 0.3) is 0 Å². The summed E-state index contributed by atoms with van der Waals surface area (Å²) >= 11 is 0. The lowest BCUT2D eigenvalue weighted by molar-refractivity contribution is 0.101. The Balaban J connectivity index is 1.90. The average molecular weight is 276 g/mol. The molecule has 3 nitrogen and oxygen atoms in total. The Hall–Kier alpha value is -1.09. The van der Waals surface area contributed by atoms with Crippen molar-refractivity contribution in [2.45, 2.75) is 65.0 Å². The summed E-state index contributed by atoms with van der Waals surface area (Å²) in [7, 11) is 0. The van der Waals surface area contributed by atoms with Gasteiger partial charge in [-0.25, -0.2) is 0 Å². The van der Waals surface area contributed by atoms with Gasteiger partial charge in [0.15, 0.2) is 0 Å². The Morgan fingerprint density at radius 1 is 1.25 bits per heavy atom. The molecule has 3 atom stereocenters. The van der Waals surface area contributed by atoms with Crippen molar-refractivity contribution in [1.82, 2.24) is 4.98 Å². The van der Waals surface area contributed by atoms with E-state index in [2.05, 4.69) is 25.8 Å². The van der Waals surface area contributed by atoms with E-state index in [0.717, 1.165) is 49.0 Å². The van der Waals surface area contributed by atoms with Crippen LogP contribution in [0.2, 0.25) is 0 Å². The molecule has 112 valence electrons. The van der Waals surface area contributed by atoms with Crippen molar-refractivity contribution in [3.05, 3.63) is 24.0 Å². The summed E-state index contributed by atoms with van der Waals surface area (Å²) in [6, 6.07) is 4.28. The smallest absolute Gasteiger partial charge is 0.138 e. The van der Waals surface area contributed by atoms with Crippen LogP contribution in [-0.4, -0.2) is 17.1 Å². The molecular formula is C17H28N2O. The summed E-state index contributed by atoms with van der Waals surface area (Å²) in [4.78, 5) is 4.47. The highest BCUT2D eigenvalue weighted by molar-refractivity contribution is 5.20. The first kappa shape index (κ1) is 15.3. The first-order chi connectivity index (χ1) is 9.56. The summed E-state index contributed by atoms with van der Waals surface area (Å²) in [5.74, 6) is 2.42. The van der Waals surface area contributed by atoms with Gasteiger partial charge in [-0.05, 0) is 49.7 Å². The summed E-state index contributed by atoms with van der Waals surface area (Å²) in [5, 5.41) is 0. The highest BCUT2D eigenvalue weighted by Gasteiger charge is 2.25. The predicted molar refractivity (Wildman–Crippen MR) is 82.8 cm³/mol. The number of hydrogen-bond donors (Lipinski definition) is 1. The van der Waals surface area contributed by atoms with Crippen LogP contribution in [0.3, 0.4) is 0 Å². The van der Waals surface area contributed by atoms with Crippen LogP contribution in [0, 0.1) is 11.8 Å². The van der Waals surface area contributed by atoms with Crippen molar-refractivity contribution in [2.75, 3.05) is 0 Å². The molecule has 1 aromatic rings. The molecule has 3 heteroatoms. The van der Waals surface area contributed by atoms with Gasteiger partial charge in [-0.3, -0.25) is 4.98 Å². The van der Waals surface area contributed by atoms with Crippen LogP contribution in [0.1, 0.15) is 52.1 Å². The Morgan fingerprint density at radius 3 is 2.50 bits per heavy atom. The summed E-state index contributed by atoms with van der Waals surface area (Å²) < 4.78 is 6.09. The fourth-order valence-corrected chi connectivity index (χ4v) is 3.18. The van der Waals surface area contributed by atoms with Crippen molar-refractivity contribution in [3.8, 4) is 5.75 Å². The number of pyridine rings is 1. The number of nitrogens with two attached hydrogens (primary N) is 1. The molecule has 1 aromatic heterocycles. The lowest BCUT2D eigenvalue weighted by Crippen LogP contribution is -2.28. The number of hydrogen-bond acceptors (Lipinski definition) is 3. The zero-order valence-electron chi connectivity index (χ0n) is 13.0. The zero-order chi connectivity index (χ0) is 14.5. The number of aromatic nitrogens is 1. The molecule has 1 aliphatic carbocycles. The van der Waals surface area contributed by atoms with Gasteiger partial charge in [-0.2, -0.15) is 0 Å². The highest BCUT2D eigenvalue weighted by Crippen LogP contribution is 2.31. The van der Waals surface area contributed by atoms with Crippen molar-refractivity contribution in [1.29, 1.82) is 0 Å². The Morgan fingerprint density at radius 2 is 1.95 bits per heavy atom. The van der Waals surface area contributed by atoms with E-state index in [9.17, 15) is 0 Å². The molecule has 0 saturated heterocycles. The molecule has 0 spiro atoms. The minimum atomic E-state index is 0.203. The molecule has 2 rings (SSSR count). The third-order valence-corrected chi connectivity index (χ3v) is 4.23. The molecule has 3 unspecified atom stereocenters. The first-order valence-corrected chi connectivity index (χ1v) is 7.94. The maximum atomic E-state index is 6.09. The van der Waals surface area contributed by atoms with Gasteiger partial charge >= 0.3 is 0 Å². The van der Waals surface area contributed by atoms with E-state index < -0.39 is 0 Å². The molecule has 2 N–H and O–H groups in total. The quantitative estimate of drug-likeness (QED) is 0.894. The van der Waals surface area contributed by atoms with Gasteiger partial charge in [-0.1, -0.05) is 20.8 Å². The average Bonchev–Trinajstić information content (AvgIpc) is 2.39. The molecule has 0 aromatic carbocycles. The number of nitrogens with zero attached hydrogens (tertiary/aromatic N) is 1. The third-order valence-electron chi connectivity index (χ3n) is 4.23. The molecule has 0 radical (unpaired) electrons. The summed E-state index contributed by atoms with van der Waals surface area (Å²) in [6.07, 6.45) is 7.67. The van der Waals surface area contributed by atoms with E-state index in [1.54, 1.807) is 0 Å². The van der Waals surface area contributed by atoms with Crippen molar-refractivity contribution >= 4 is 0 Å². The third kappa shape index (κ3) is 4.48. The lowest BCUT2D eigenvalue weighted by atomic mass is 9.82. The molecule has 0 aliphatic heterocycles. The molecule has 0 amide bonds. The van der Waals surface area contributed by atoms with Gasteiger partial charge in [0.1, 0.15) is 5.75 Å². The lowest BCUT2D eigenvalue weighted by Gasteiger charge is -2.31. The molecule has 1 heterocycles. The maximum Gasteiger partial charge on any atom is 0.138 e. The first-order valence-electron chi connectivity index (χ1n) is 7.94. The molecule has 1 aliphatic rings. The second-order valence-electron chi connectivity index (χ2n) is 6.52. The monoisotopic (exact) mass is 276 g/mol. The van der Waals surface area contributed by atoms with Crippen LogP contribution < -0.4 is 10.5 Å². The van der Waals surface area contributed by atoms with Gasteiger partial charge in [0.25, 0.3) is 0 Å². The fraction of sp³-hybridized carbons (Fsp3) is 0.706. The van der Waals surface area contributed by atoms with Crippen LogP contribution in [0.15, 0.2) is 18.3 Å². The van der Waals surface area contributed by atoms with Gasteiger partial charge in [0, 0.05) is 18.2 Å². The molecule has 0 bridgehead atoms. The topological polar surface area (TPSA) is 48.1 Å². The van der Waals surface area contributed by atoms with Crippen molar-refractivity contribution < 1.29 is 4.74 Å². The summed E-state index contributed by atoms with van der Waals surface area (Å²) in [6.45, 7) is 6.74. The van der Waals surface area contributed by atoms with Gasteiger partial charge in [0.2, 0.25) is 0 Å². The van der Waals surface area contributed by atoms with E-state index in [4.69, 9.17) is 10.5 Å². The standard InChI is InChI=1S/C17H28N2O/c1-4-14(18)10-15-5-6-16(11-19-15)20-17-8-12(2)7-13(3)9-17/h5-6,11-14,17H,4,7-10,18H2,1-3H3. The van der Waals surface area contributed by atoms with E-state index >= 15 is 0 Å². The minimum Gasteiger partial charge on any atom is -0.489 e. The van der Waals surface area contributed by atoms with Crippen LogP contribution in [0.5, 0.6) is 5.75 Å². The van der Waals surface area contributed by atoms with Crippen LogP contribution in [-0.2, 0) is 6.42 Å². The van der Waals surface area contributed by atoms with Crippen molar-refractivity contribution in [3.63, 3.8) is 0 Å². The Kier molecular flexibility index (Phi) is 5.41. The van der Waals surface area contributed by atoms with E-state index in [1.807, 2.05) is 18.3 Å². The van der Waals surface area contributed by atoms with Crippen LogP contribution >= 0.6 is 0 Å². The van der Waals surface area contributed by atoms with E-state index in [-0.39, 0.29) is 6.04 Å². The van der Waals surface area contributed by atoms with Crippen molar-refractivity contribution in [2.24, 2.45) is 17.6 Å². The minimum absolute atomic E-state index is 0.203. The fourth-order valence-electron chi connectivity index (χ4n) is 3.18. The second-order valence-corrected chi connectivity index (χ2v) is 6.52. The van der Waals surface area contributed by atoms with Gasteiger partial charge < -0.3 is 10.5 Å². The SMILES string of the molecule is CCC(N)Cc1ccc(OC2CC(C)CC(C)C2)cn1. The number of rotatable bonds is 5. The predicted octanol–water partition coefficient (Wildman–Crippen LogP) is 3.56. The van der Waals surface area contributed by atoms with E-state index in [0.29, 0.717) is 6.10 Å². The maximum absolute atomic E-state index is 6.09. The number of ether oxygens (including phenoxy) is 1. The van der Waals surface area contributed by atoms with Gasteiger partial charge in [-0.15, -0.1) is 0 Å². The Labute approximate surface area is 122 Å². The zero-order valence-corrected chi connectivity index (χ0v) is 13.0. The normalized spacial score (nSPS) is 28.1. The van der Waals surface area contributed by atoms with E-state index in [1.165, 1.54) is 6.42 Å². The highest BCUT2D eigenvalue weighted by atomic mass is 16.5. The molecular weight excluding hydrogens is 248 g/mol. The molecule has 20 heavy (non-hydrogen) atoms. The Bertz CT molecular complexity index is 394. The second kappa shape index (κ2) is 7.07. The van der Waals surface area contributed by atoms with Crippen LogP contribution in [0.4, 0.5) is 0 Å².